The van der Waals surface area contributed by atoms with Gasteiger partial charge in [0.2, 0.25) is 0 Å². The van der Waals surface area contributed by atoms with Crippen LogP contribution < -0.4 is 10.8 Å². The van der Waals surface area contributed by atoms with Gasteiger partial charge in [-0.1, -0.05) is 0 Å². The zero-order chi connectivity index (χ0) is 21.8. The Hall–Kier alpha value is -2.40. The van der Waals surface area contributed by atoms with Crippen molar-refractivity contribution < 1.29 is 31.7 Å². The van der Waals surface area contributed by atoms with Crippen molar-refractivity contribution in [1.82, 2.24) is 9.78 Å². The van der Waals surface area contributed by atoms with Crippen molar-refractivity contribution in [3.05, 3.63) is 41.5 Å². The summed E-state index contributed by atoms with van der Waals surface area (Å²) in [5.41, 5.74) is -3.17. The predicted octanol–water partition coefficient (Wildman–Crippen LogP) is 3.13. The topological polar surface area (TPSA) is 65.4 Å². The Morgan fingerprint density at radius 1 is 1.17 bits per heavy atom. The fraction of sp³-hybridized carbons (Fsp3) is 0.444. The van der Waals surface area contributed by atoms with E-state index in [-0.39, 0.29) is 11.2 Å². The van der Waals surface area contributed by atoms with Crippen molar-refractivity contribution in [2.45, 2.75) is 45.1 Å². The second kappa shape index (κ2) is 6.84. The van der Waals surface area contributed by atoms with Gasteiger partial charge in [-0.25, -0.2) is 4.39 Å². The fourth-order valence-electron chi connectivity index (χ4n) is 2.87. The summed E-state index contributed by atoms with van der Waals surface area (Å²) >= 11 is 0. The average molecular weight is 413 g/mol. The van der Waals surface area contributed by atoms with E-state index in [1.54, 1.807) is 27.7 Å². The average Bonchev–Trinajstić information content (AvgIpc) is 3.06. The zero-order valence-corrected chi connectivity index (χ0v) is 16.5. The van der Waals surface area contributed by atoms with Crippen LogP contribution in [0.3, 0.4) is 0 Å². The molecular weight excluding hydrogens is 393 g/mol. The maximum Gasteiger partial charge on any atom is 0.497 e. The molecule has 1 aromatic heterocycles. The standard InChI is InChI=1S/C18H20BF4N3O3/c1-16(2)17(3,4)29-19(28-16)12-8-10(20)6-7-13(12)24-15(27)11-9-26(5)25-14(11)18(21,22)23/h6-9H,1-5H3,(H,24,27). The van der Waals surface area contributed by atoms with Gasteiger partial charge in [0, 0.05) is 24.4 Å². The second-order valence-corrected chi connectivity index (χ2v) is 7.84. The highest BCUT2D eigenvalue weighted by atomic mass is 19.4. The summed E-state index contributed by atoms with van der Waals surface area (Å²) in [6.07, 6.45) is -3.83. The smallest absolute Gasteiger partial charge is 0.399 e. The molecule has 0 saturated carbocycles. The minimum atomic E-state index is -4.80. The van der Waals surface area contributed by atoms with Crippen molar-refractivity contribution >= 4 is 24.2 Å². The first kappa shape index (κ1) is 21.3. The van der Waals surface area contributed by atoms with E-state index >= 15 is 0 Å². The number of nitrogens with one attached hydrogen (secondary N) is 1. The Morgan fingerprint density at radius 3 is 2.31 bits per heavy atom. The molecule has 29 heavy (non-hydrogen) atoms. The van der Waals surface area contributed by atoms with Crippen molar-refractivity contribution in [3.8, 4) is 0 Å². The summed E-state index contributed by atoms with van der Waals surface area (Å²) in [6, 6.07) is 3.45. The van der Waals surface area contributed by atoms with E-state index in [0.717, 1.165) is 23.0 Å². The van der Waals surface area contributed by atoms with E-state index in [1.165, 1.54) is 13.1 Å². The number of nitrogens with zero attached hydrogens (tertiary/aromatic N) is 2. The normalized spacial score (nSPS) is 18.2. The number of halogens is 4. The van der Waals surface area contributed by atoms with Crippen molar-refractivity contribution in [2.75, 3.05) is 5.32 Å². The number of hydrogen-bond acceptors (Lipinski definition) is 4. The number of benzene rings is 1. The van der Waals surface area contributed by atoms with Crippen LogP contribution in [-0.2, 0) is 22.5 Å². The highest BCUT2D eigenvalue weighted by molar-refractivity contribution is 6.64. The monoisotopic (exact) mass is 413 g/mol. The van der Waals surface area contributed by atoms with Crippen LogP contribution in [-0.4, -0.2) is 34.0 Å². The molecule has 1 amide bonds. The number of hydrogen-bond donors (Lipinski definition) is 1. The van der Waals surface area contributed by atoms with E-state index in [9.17, 15) is 22.4 Å². The lowest BCUT2D eigenvalue weighted by molar-refractivity contribution is -0.141. The SMILES string of the molecule is Cn1cc(C(=O)Nc2ccc(F)cc2B2OC(C)(C)C(C)(C)O2)c(C(F)(F)F)n1. The van der Waals surface area contributed by atoms with Crippen LogP contribution in [0.15, 0.2) is 24.4 Å². The number of amides is 1. The minimum absolute atomic E-state index is 0.0758. The first-order chi connectivity index (χ1) is 13.2. The predicted molar refractivity (Wildman–Crippen MR) is 98.3 cm³/mol. The fourth-order valence-corrected chi connectivity index (χ4v) is 2.87. The molecule has 0 spiro atoms. The molecule has 2 aromatic rings. The van der Waals surface area contributed by atoms with Gasteiger partial charge in [0.05, 0.1) is 16.8 Å². The third kappa shape index (κ3) is 4.02. The summed E-state index contributed by atoms with van der Waals surface area (Å²) < 4.78 is 66.0. The van der Waals surface area contributed by atoms with E-state index in [4.69, 9.17) is 9.31 Å². The van der Waals surface area contributed by atoms with Gasteiger partial charge in [-0.3, -0.25) is 9.48 Å². The third-order valence-electron chi connectivity index (χ3n) is 5.11. The molecule has 1 fully saturated rings. The molecule has 11 heteroatoms. The van der Waals surface area contributed by atoms with E-state index in [2.05, 4.69) is 10.4 Å². The second-order valence-electron chi connectivity index (χ2n) is 7.84. The highest BCUT2D eigenvalue weighted by Gasteiger charge is 2.52. The molecule has 1 aromatic carbocycles. The van der Waals surface area contributed by atoms with Gasteiger partial charge >= 0.3 is 13.3 Å². The molecule has 0 atom stereocenters. The van der Waals surface area contributed by atoms with Crippen LogP contribution in [0.2, 0.25) is 0 Å². The maximum atomic E-state index is 13.9. The van der Waals surface area contributed by atoms with E-state index in [0.29, 0.717) is 0 Å². The highest BCUT2D eigenvalue weighted by Crippen LogP contribution is 2.37. The van der Waals surface area contributed by atoms with E-state index in [1.807, 2.05) is 0 Å². The Morgan fingerprint density at radius 2 is 1.76 bits per heavy atom. The lowest BCUT2D eigenvalue weighted by atomic mass is 9.77. The van der Waals surface area contributed by atoms with Gasteiger partial charge in [-0.05, 0) is 45.9 Å². The van der Waals surface area contributed by atoms with Gasteiger partial charge in [0.1, 0.15) is 5.82 Å². The minimum Gasteiger partial charge on any atom is -0.399 e. The van der Waals surface area contributed by atoms with Gasteiger partial charge in [0.15, 0.2) is 5.69 Å². The van der Waals surface area contributed by atoms with Crippen LogP contribution in [0.5, 0.6) is 0 Å². The summed E-state index contributed by atoms with van der Waals surface area (Å²) in [7, 11) is 0.265. The van der Waals surface area contributed by atoms with Gasteiger partial charge in [-0.2, -0.15) is 18.3 Å². The largest absolute Gasteiger partial charge is 0.497 e. The Balaban J connectivity index is 1.95. The quantitative estimate of drug-likeness (QED) is 0.621. The summed E-state index contributed by atoms with van der Waals surface area (Å²) in [4.78, 5) is 12.6. The molecule has 6 nitrogen and oxygen atoms in total. The molecule has 1 saturated heterocycles. The zero-order valence-electron chi connectivity index (χ0n) is 16.5. The maximum absolute atomic E-state index is 13.9. The number of carbonyl (C=O) groups excluding carboxylic acids is 1. The summed E-state index contributed by atoms with van der Waals surface area (Å²) in [5.74, 6) is -1.64. The number of alkyl halides is 3. The lowest BCUT2D eigenvalue weighted by Gasteiger charge is -2.32. The number of carbonyl (C=O) groups is 1. The van der Waals surface area contributed by atoms with Crippen LogP contribution in [0.4, 0.5) is 23.2 Å². The molecule has 0 bridgehead atoms. The first-order valence-corrected chi connectivity index (χ1v) is 8.78. The van der Waals surface area contributed by atoms with Gasteiger partial charge in [0.25, 0.3) is 5.91 Å². The Bertz CT molecular complexity index is 940. The molecule has 156 valence electrons. The molecule has 2 heterocycles. The summed E-state index contributed by atoms with van der Waals surface area (Å²) in [6.45, 7) is 7.21. The van der Waals surface area contributed by atoms with Crippen molar-refractivity contribution in [1.29, 1.82) is 0 Å². The third-order valence-corrected chi connectivity index (χ3v) is 5.11. The van der Waals surface area contributed by atoms with Crippen LogP contribution in [0, 0.1) is 5.82 Å². The van der Waals surface area contributed by atoms with Gasteiger partial charge < -0.3 is 14.6 Å². The van der Waals surface area contributed by atoms with Crippen molar-refractivity contribution in [3.63, 3.8) is 0 Å². The Labute approximate surface area is 165 Å². The van der Waals surface area contributed by atoms with Crippen molar-refractivity contribution in [2.24, 2.45) is 7.05 Å². The molecule has 1 N–H and O–H groups in total. The molecule has 0 unspecified atom stereocenters. The number of aromatic nitrogens is 2. The van der Waals surface area contributed by atoms with Gasteiger partial charge in [-0.15, -0.1) is 0 Å². The van der Waals surface area contributed by atoms with Crippen LogP contribution in [0.25, 0.3) is 0 Å². The number of anilines is 1. The first-order valence-electron chi connectivity index (χ1n) is 8.78. The number of rotatable bonds is 3. The molecule has 1 aliphatic heterocycles. The Kier molecular flexibility index (Phi) is 5.03. The lowest BCUT2D eigenvalue weighted by Crippen LogP contribution is -2.41. The summed E-state index contributed by atoms with van der Waals surface area (Å²) in [5, 5.41) is 5.71. The van der Waals surface area contributed by atoms with E-state index < -0.39 is 47.5 Å². The van der Waals surface area contributed by atoms with Crippen LogP contribution in [0.1, 0.15) is 43.7 Å². The molecule has 0 aliphatic carbocycles. The number of aryl methyl sites for hydroxylation is 1. The molecule has 0 radical (unpaired) electrons. The molecule has 3 rings (SSSR count). The van der Waals surface area contributed by atoms with Crippen LogP contribution >= 0.6 is 0 Å². The molecular formula is C18H20BF4N3O3. The molecule has 1 aliphatic rings.